The van der Waals surface area contributed by atoms with Gasteiger partial charge < -0.3 is 0 Å². The lowest BCUT2D eigenvalue weighted by molar-refractivity contribution is -0.138. The predicted octanol–water partition coefficient (Wildman–Crippen LogP) is 4.23. The Labute approximate surface area is 99.1 Å². The molecule has 86 valence electrons. The summed E-state index contributed by atoms with van der Waals surface area (Å²) >= 11 is 2.80. The van der Waals surface area contributed by atoms with E-state index in [1.165, 1.54) is 18.2 Å². The lowest BCUT2D eigenvalue weighted by Gasteiger charge is -2.10. The quantitative estimate of drug-likeness (QED) is 0.602. The van der Waals surface area contributed by atoms with Crippen molar-refractivity contribution in [1.29, 1.82) is 0 Å². The fourth-order valence-corrected chi connectivity index (χ4v) is 1.64. The summed E-state index contributed by atoms with van der Waals surface area (Å²) in [5, 5.41) is 0. The fourth-order valence-electron chi connectivity index (χ4n) is 1.16. The molecule has 1 aromatic rings. The molecule has 0 heterocycles. The summed E-state index contributed by atoms with van der Waals surface area (Å²) in [6, 6.07) is 3.42. The van der Waals surface area contributed by atoms with E-state index in [-0.39, 0.29) is 22.2 Å². The molecule has 0 saturated heterocycles. The lowest BCUT2D eigenvalue weighted by Crippen LogP contribution is -2.08. The molecule has 1 nitrogen and oxygen atoms in total. The molecule has 0 atom stereocenters. The smallest absolute Gasteiger partial charge is 0.294 e. The molecule has 0 N–H and O–H groups in total. The molecule has 0 amide bonds. The molecule has 0 aliphatic heterocycles. The molecule has 0 spiro atoms. The van der Waals surface area contributed by atoms with E-state index in [4.69, 9.17) is 0 Å². The maximum absolute atomic E-state index is 12.5. The van der Waals surface area contributed by atoms with Crippen LogP contribution in [-0.4, -0.2) is 5.78 Å². The van der Waals surface area contributed by atoms with E-state index < -0.39 is 11.7 Å². The molecule has 0 radical (unpaired) electrons. The fraction of sp³-hybridized carbons (Fsp3) is 0.182. The van der Waals surface area contributed by atoms with Crippen LogP contribution in [0.25, 0.3) is 0 Å². The molecule has 0 unspecified atom stereocenters. The van der Waals surface area contributed by atoms with Gasteiger partial charge in [-0.3, -0.25) is 4.79 Å². The molecular formula is C11H8BrF3O. The Kier molecular flexibility index (Phi) is 3.91. The highest BCUT2D eigenvalue weighted by Crippen LogP contribution is 2.35. The standard InChI is InChI=1S/C11H8BrF3O/c1-2-3-10(16)7-4-5-9(12)8(6-7)11(13,14)15/h2,4-6H,1,3H2. The summed E-state index contributed by atoms with van der Waals surface area (Å²) in [6.45, 7) is 3.36. The van der Waals surface area contributed by atoms with Gasteiger partial charge in [0, 0.05) is 16.5 Å². The van der Waals surface area contributed by atoms with Gasteiger partial charge in [0.05, 0.1) is 5.56 Å². The molecule has 1 rings (SSSR count). The number of halogens is 4. The van der Waals surface area contributed by atoms with Crippen LogP contribution in [0.1, 0.15) is 22.3 Å². The second kappa shape index (κ2) is 4.82. The summed E-state index contributed by atoms with van der Waals surface area (Å²) in [7, 11) is 0. The van der Waals surface area contributed by atoms with Crippen molar-refractivity contribution >= 4 is 21.7 Å². The van der Waals surface area contributed by atoms with Crippen LogP contribution in [0.4, 0.5) is 13.2 Å². The molecule has 0 fully saturated rings. The van der Waals surface area contributed by atoms with Gasteiger partial charge in [-0.15, -0.1) is 6.58 Å². The largest absolute Gasteiger partial charge is 0.417 e. The van der Waals surface area contributed by atoms with Crippen molar-refractivity contribution in [2.24, 2.45) is 0 Å². The van der Waals surface area contributed by atoms with E-state index >= 15 is 0 Å². The second-order valence-electron chi connectivity index (χ2n) is 3.11. The van der Waals surface area contributed by atoms with Crippen LogP contribution in [-0.2, 0) is 6.18 Å². The van der Waals surface area contributed by atoms with Gasteiger partial charge in [0.2, 0.25) is 0 Å². The van der Waals surface area contributed by atoms with Gasteiger partial charge in [-0.05, 0) is 12.1 Å². The van der Waals surface area contributed by atoms with Crippen molar-refractivity contribution < 1.29 is 18.0 Å². The number of rotatable bonds is 3. The number of hydrogen-bond donors (Lipinski definition) is 0. The Morgan fingerprint density at radius 1 is 1.44 bits per heavy atom. The SMILES string of the molecule is C=CCC(=O)c1ccc(Br)c(C(F)(F)F)c1. The third-order valence-electron chi connectivity index (χ3n) is 1.92. The van der Waals surface area contributed by atoms with Crippen molar-refractivity contribution in [3.8, 4) is 0 Å². The Morgan fingerprint density at radius 2 is 2.06 bits per heavy atom. The maximum Gasteiger partial charge on any atom is 0.417 e. The Hall–Kier alpha value is -1.10. The third-order valence-corrected chi connectivity index (χ3v) is 2.61. The Morgan fingerprint density at radius 3 is 2.56 bits per heavy atom. The van der Waals surface area contributed by atoms with E-state index in [0.29, 0.717) is 0 Å². The Balaban J connectivity index is 3.17. The molecular weight excluding hydrogens is 285 g/mol. The van der Waals surface area contributed by atoms with Gasteiger partial charge in [-0.25, -0.2) is 0 Å². The van der Waals surface area contributed by atoms with Crippen LogP contribution in [0, 0.1) is 0 Å². The van der Waals surface area contributed by atoms with E-state index in [2.05, 4.69) is 22.5 Å². The number of Topliss-reactive ketones (excluding diaryl/α,β-unsaturated/α-hetero) is 1. The minimum absolute atomic E-state index is 0.0267. The maximum atomic E-state index is 12.5. The van der Waals surface area contributed by atoms with Crippen LogP contribution >= 0.6 is 15.9 Å². The van der Waals surface area contributed by atoms with Crippen molar-refractivity contribution in [3.63, 3.8) is 0 Å². The van der Waals surface area contributed by atoms with E-state index in [1.807, 2.05) is 0 Å². The highest BCUT2D eigenvalue weighted by atomic mass is 79.9. The van der Waals surface area contributed by atoms with Crippen molar-refractivity contribution in [2.45, 2.75) is 12.6 Å². The first-order chi connectivity index (χ1) is 7.36. The van der Waals surface area contributed by atoms with Gasteiger partial charge >= 0.3 is 6.18 Å². The average Bonchev–Trinajstić information content (AvgIpc) is 2.16. The summed E-state index contributed by atoms with van der Waals surface area (Å²) in [5.41, 5.74) is -0.808. The summed E-state index contributed by atoms with van der Waals surface area (Å²) in [6.07, 6.45) is -3.08. The lowest BCUT2D eigenvalue weighted by atomic mass is 10.1. The molecule has 0 aliphatic carbocycles. The zero-order chi connectivity index (χ0) is 12.3. The van der Waals surface area contributed by atoms with Gasteiger partial charge in [0.15, 0.2) is 5.78 Å². The number of alkyl halides is 3. The number of ketones is 1. The first-order valence-electron chi connectivity index (χ1n) is 4.37. The Bertz CT molecular complexity index is 424. The van der Waals surface area contributed by atoms with Crippen LogP contribution in [0.2, 0.25) is 0 Å². The van der Waals surface area contributed by atoms with Gasteiger partial charge in [0.1, 0.15) is 0 Å². The van der Waals surface area contributed by atoms with E-state index in [0.717, 1.165) is 6.07 Å². The first-order valence-corrected chi connectivity index (χ1v) is 5.16. The summed E-state index contributed by atoms with van der Waals surface area (Å²) in [5.74, 6) is -0.381. The zero-order valence-electron chi connectivity index (χ0n) is 8.14. The number of benzene rings is 1. The normalized spacial score (nSPS) is 11.2. The van der Waals surface area contributed by atoms with E-state index in [9.17, 15) is 18.0 Å². The van der Waals surface area contributed by atoms with Gasteiger partial charge in [0.25, 0.3) is 0 Å². The monoisotopic (exact) mass is 292 g/mol. The van der Waals surface area contributed by atoms with Crippen LogP contribution in [0.5, 0.6) is 0 Å². The predicted molar refractivity (Wildman–Crippen MR) is 58.3 cm³/mol. The molecule has 0 bridgehead atoms. The zero-order valence-corrected chi connectivity index (χ0v) is 9.73. The molecule has 16 heavy (non-hydrogen) atoms. The van der Waals surface area contributed by atoms with Crippen molar-refractivity contribution in [2.75, 3.05) is 0 Å². The highest BCUT2D eigenvalue weighted by molar-refractivity contribution is 9.10. The molecule has 5 heteroatoms. The second-order valence-corrected chi connectivity index (χ2v) is 3.96. The topological polar surface area (TPSA) is 17.1 Å². The molecule has 0 saturated carbocycles. The first kappa shape index (κ1) is 13.0. The number of carbonyl (C=O) groups excluding carboxylic acids is 1. The van der Waals surface area contributed by atoms with E-state index in [1.54, 1.807) is 0 Å². The van der Waals surface area contributed by atoms with Crippen LogP contribution in [0.3, 0.4) is 0 Å². The highest BCUT2D eigenvalue weighted by Gasteiger charge is 2.33. The summed E-state index contributed by atoms with van der Waals surface area (Å²) in [4.78, 5) is 11.4. The van der Waals surface area contributed by atoms with Crippen molar-refractivity contribution in [3.05, 3.63) is 46.5 Å². The van der Waals surface area contributed by atoms with Crippen LogP contribution in [0.15, 0.2) is 35.3 Å². The molecule has 1 aromatic carbocycles. The number of carbonyl (C=O) groups is 1. The minimum Gasteiger partial charge on any atom is -0.294 e. The number of hydrogen-bond acceptors (Lipinski definition) is 1. The average molecular weight is 293 g/mol. The van der Waals surface area contributed by atoms with Gasteiger partial charge in [-0.1, -0.05) is 28.1 Å². The van der Waals surface area contributed by atoms with Crippen LogP contribution < -0.4 is 0 Å². The molecule has 0 aliphatic rings. The minimum atomic E-state index is -4.47. The van der Waals surface area contributed by atoms with Gasteiger partial charge in [-0.2, -0.15) is 13.2 Å². The number of allylic oxidation sites excluding steroid dienone is 1. The third kappa shape index (κ3) is 2.95. The summed E-state index contributed by atoms with van der Waals surface area (Å²) < 4.78 is 37.5. The molecule has 0 aromatic heterocycles. The van der Waals surface area contributed by atoms with Crippen molar-refractivity contribution in [1.82, 2.24) is 0 Å².